The molecule has 3 unspecified atom stereocenters. The predicted molar refractivity (Wildman–Crippen MR) is 395 cm³/mol. The molecule has 0 bridgehead atoms. The summed E-state index contributed by atoms with van der Waals surface area (Å²) in [7, 11) is -9.91. The van der Waals surface area contributed by atoms with Crippen LogP contribution in [0.2, 0.25) is 0 Å². The maximum Gasteiger partial charge on any atom is 0.472 e. The Balaban J connectivity index is 5.21. The summed E-state index contributed by atoms with van der Waals surface area (Å²) in [5.74, 6) is 0.288. The van der Waals surface area contributed by atoms with Gasteiger partial charge in [0.2, 0.25) is 0 Å². The third kappa shape index (κ3) is 70.9. The normalized spacial score (nSPS) is 14.3. The summed E-state index contributed by atoms with van der Waals surface area (Å²) in [6.07, 6.45) is 55.5. The van der Waals surface area contributed by atoms with Crippen molar-refractivity contribution in [3.05, 3.63) is 0 Å². The van der Waals surface area contributed by atoms with Gasteiger partial charge in [0, 0.05) is 25.7 Å². The van der Waals surface area contributed by atoms with Crippen molar-refractivity contribution in [2.75, 3.05) is 39.6 Å². The molecular weight excluding hydrogens is 1270 g/mol. The summed E-state index contributed by atoms with van der Waals surface area (Å²) in [6, 6.07) is 0. The number of carbonyl (C=O) groups is 4. The second-order valence-electron chi connectivity index (χ2n) is 29.3. The molecule has 0 aromatic heterocycles. The first-order chi connectivity index (χ1) is 46.8. The van der Waals surface area contributed by atoms with E-state index < -0.39 is 97.5 Å². The average Bonchev–Trinajstić information content (AvgIpc) is 2.20. The number of unbranched alkanes of at least 4 members (excludes halogenated alkanes) is 43. The lowest BCUT2D eigenvalue weighted by Crippen LogP contribution is -2.30. The summed E-state index contributed by atoms with van der Waals surface area (Å²) in [6.45, 7) is 12.0. The van der Waals surface area contributed by atoms with Gasteiger partial charge in [-0.2, -0.15) is 0 Å². The van der Waals surface area contributed by atoms with Gasteiger partial charge in [-0.3, -0.25) is 37.3 Å². The molecule has 0 saturated carbocycles. The summed E-state index contributed by atoms with van der Waals surface area (Å²) >= 11 is 0. The molecule has 97 heavy (non-hydrogen) atoms. The number of hydrogen-bond donors (Lipinski definition) is 3. The van der Waals surface area contributed by atoms with Crippen LogP contribution in [0.5, 0.6) is 0 Å². The van der Waals surface area contributed by atoms with E-state index >= 15 is 0 Å². The van der Waals surface area contributed by atoms with Gasteiger partial charge in [-0.15, -0.1) is 0 Å². The standard InChI is InChI=1S/C78H152O17P2/c1-8-10-11-12-13-38-45-52-59-75(80)88-65-73(94-78(83)62-55-48-41-34-28-27-30-36-43-50-57-70(5)6)67-92-96(84,85)90-63-72(79)64-91-97(86,87)93-68-74(95-77(82)61-54-47-40-33-26-22-16-14-15-19-23-29-35-42-49-56-69(3)4)66-89-76(81)60-53-46-39-32-25-21-18-17-20-24-31-37-44-51-58-71(7)9-2/h69-74,79H,8-68H2,1-7H3,(H,84,85)(H,86,87)/t71?,72-,73+,74+/m0/s1. The number of phosphoric acid groups is 2. The minimum absolute atomic E-state index is 0.106. The van der Waals surface area contributed by atoms with E-state index in [1.165, 1.54) is 205 Å². The molecule has 576 valence electrons. The number of phosphoric ester groups is 2. The van der Waals surface area contributed by atoms with Gasteiger partial charge in [0.15, 0.2) is 12.2 Å². The molecule has 0 aliphatic rings. The number of esters is 4. The predicted octanol–water partition coefficient (Wildman–Crippen LogP) is 23.0. The monoisotopic (exact) mass is 1420 g/mol. The number of carbonyl (C=O) groups excluding carboxylic acids is 4. The van der Waals surface area contributed by atoms with Crippen LogP contribution in [0.15, 0.2) is 0 Å². The number of rotatable bonds is 76. The van der Waals surface area contributed by atoms with Crippen LogP contribution in [0.4, 0.5) is 0 Å². The second-order valence-corrected chi connectivity index (χ2v) is 32.2. The second kappa shape index (κ2) is 68.5. The Morgan fingerprint density at radius 3 is 0.784 bits per heavy atom. The molecular formula is C78H152O17P2. The molecule has 0 rings (SSSR count). The van der Waals surface area contributed by atoms with Gasteiger partial charge in [0.1, 0.15) is 19.3 Å². The van der Waals surface area contributed by atoms with E-state index in [4.69, 9.17) is 37.0 Å². The van der Waals surface area contributed by atoms with Crippen LogP contribution in [0.25, 0.3) is 0 Å². The highest BCUT2D eigenvalue weighted by Gasteiger charge is 2.30. The van der Waals surface area contributed by atoms with Crippen LogP contribution in [-0.4, -0.2) is 96.7 Å². The van der Waals surface area contributed by atoms with Crippen LogP contribution in [-0.2, 0) is 65.4 Å². The first-order valence-electron chi connectivity index (χ1n) is 40.4. The molecule has 0 heterocycles. The van der Waals surface area contributed by atoms with E-state index in [0.717, 1.165) is 114 Å². The maximum atomic E-state index is 13.1. The minimum Gasteiger partial charge on any atom is -0.462 e. The molecule has 0 aromatic carbocycles. The largest absolute Gasteiger partial charge is 0.472 e. The molecule has 17 nitrogen and oxygen atoms in total. The van der Waals surface area contributed by atoms with Gasteiger partial charge < -0.3 is 33.8 Å². The third-order valence-electron chi connectivity index (χ3n) is 18.5. The first-order valence-corrected chi connectivity index (χ1v) is 43.4. The maximum absolute atomic E-state index is 13.1. The quantitative estimate of drug-likeness (QED) is 0.0222. The Labute approximate surface area is 594 Å². The van der Waals surface area contributed by atoms with E-state index in [-0.39, 0.29) is 25.7 Å². The molecule has 3 N–H and O–H groups in total. The SMILES string of the molecule is CCCCCCCCCCC(=O)OC[C@H](COP(=O)(O)OC[C@H](O)COP(=O)(O)OC[C@@H](COC(=O)CCCCCCCCCCCCCCCCC(C)CC)OC(=O)CCCCCCCCCCCCCCCCCC(C)C)OC(=O)CCCCCCCCCCCCC(C)C. The zero-order chi connectivity index (χ0) is 71.6. The molecule has 6 atom stereocenters. The highest BCUT2D eigenvalue weighted by molar-refractivity contribution is 7.47. The van der Waals surface area contributed by atoms with Crippen molar-refractivity contribution in [1.29, 1.82) is 0 Å². The van der Waals surface area contributed by atoms with Crippen LogP contribution >= 0.6 is 15.6 Å². The Hall–Kier alpha value is -1.94. The highest BCUT2D eigenvalue weighted by atomic mass is 31.2. The van der Waals surface area contributed by atoms with Crippen LogP contribution in [0.3, 0.4) is 0 Å². The number of ether oxygens (including phenoxy) is 4. The molecule has 0 fully saturated rings. The lowest BCUT2D eigenvalue weighted by molar-refractivity contribution is -0.161. The minimum atomic E-state index is -4.96. The van der Waals surface area contributed by atoms with Gasteiger partial charge in [0.05, 0.1) is 26.4 Å². The molecule has 0 radical (unpaired) electrons. The van der Waals surface area contributed by atoms with Crippen molar-refractivity contribution < 1.29 is 80.2 Å². The van der Waals surface area contributed by atoms with E-state index in [2.05, 4.69) is 48.5 Å². The van der Waals surface area contributed by atoms with Crippen molar-refractivity contribution in [2.45, 2.75) is 420 Å². The van der Waals surface area contributed by atoms with Gasteiger partial charge >= 0.3 is 39.5 Å². The lowest BCUT2D eigenvalue weighted by Gasteiger charge is -2.21. The van der Waals surface area contributed by atoms with Crippen LogP contribution in [0, 0.1) is 17.8 Å². The molecule has 0 spiro atoms. The highest BCUT2D eigenvalue weighted by Crippen LogP contribution is 2.45. The zero-order valence-electron chi connectivity index (χ0n) is 63.5. The number of aliphatic hydroxyl groups is 1. The van der Waals surface area contributed by atoms with Crippen molar-refractivity contribution in [3.8, 4) is 0 Å². The van der Waals surface area contributed by atoms with Gasteiger partial charge in [0.25, 0.3) is 0 Å². The van der Waals surface area contributed by atoms with E-state index in [1.54, 1.807) is 0 Å². The molecule has 0 saturated heterocycles. The average molecular weight is 1420 g/mol. The van der Waals surface area contributed by atoms with Crippen molar-refractivity contribution in [1.82, 2.24) is 0 Å². The molecule has 0 aliphatic carbocycles. The Kier molecular flexibility index (Phi) is 67.1. The molecule has 0 aliphatic heterocycles. The molecule has 0 aromatic rings. The van der Waals surface area contributed by atoms with Gasteiger partial charge in [-0.25, -0.2) is 9.13 Å². The summed E-state index contributed by atoms with van der Waals surface area (Å²) in [5.41, 5.74) is 0. The Morgan fingerprint density at radius 1 is 0.299 bits per heavy atom. The zero-order valence-corrected chi connectivity index (χ0v) is 65.3. The fourth-order valence-corrected chi connectivity index (χ4v) is 13.5. The first kappa shape index (κ1) is 95.1. The van der Waals surface area contributed by atoms with Crippen LogP contribution < -0.4 is 0 Å². The number of aliphatic hydroxyl groups excluding tert-OH is 1. The summed E-state index contributed by atoms with van der Waals surface area (Å²) < 4.78 is 68.5. The Bertz CT molecular complexity index is 1890. The van der Waals surface area contributed by atoms with Crippen LogP contribution in [0.1, 0.15) is 402 Å². The Morgan fingerprint density at radius 2 is 0.526 bits per heavy atom. The van der Waals surface area contributed by atoms with Crippen molar-refractivity contribution in [2.24, 2.45) is 17.8 Å². The topological polar surface area (TPSA) is 237 Å². The van der Waals surface area contributed by atoms with E-state index in [0.29, 0.717) is 25.7 Å². The van der Waals surface area contributed by atoms with Gasteiger partial charge in [-0.1, -0.05) is 350 Å². The molecule has 19 heteroatoms. The van der Waals surface area contributed by atoms with Crippen molar-refractivity contribution >= 4 is 39.5 Å². The summed E-state index contributed by atoms with van der Waals surface area (Å²) in [5, 5.41) is 10.6. The fourth-order valence-electron chi connectivity index (χ4n) is 11.9. The fraction of sp³-hybridized carbons (Fsp3) is 0.949. The molecule has 0 amide bonds. The third-order valence-corrected chi connectivity index (χ3v) is 20.4. The van der Waals surface area contributed by atoms with E-state index in [9.17, 15) is 43.2 Å². The smallest absolute Gasteiger partial charge is 0.462 e. The summed E-state index contributed by atoms with van der Waals surface area (Å²) in [4.78, 5) is 72.8. The number of hydrogen-bond acceptors (Lipinski definition) is 15. The van der Waals surface area contributed by atoms with Gasteiger partial charge in [-0.05, 0) is 43.4 Å². The van der Waals surface area contributed by atoms with Crippen molar-refractivity contribution in [3.63, 3.8) is 0 Å². The lowest BCUT2D eigenvalue weighted by atomic mass is 9.99. The van der Waals surface area contributed by atoms with E-state index in [1.807, 2.05) is 0 Å².